The third kappa shape index (κ3) is 6.90. The number of hydrogen-bond donors (Lipinski definition) is 1. The number of nitrogens with zero attached hydrogens (tertiary/aromatic N) is 2. The quantitative estimate of drug-likeness (QED) is 0.148. The predicted molar refractivity (Wildman–Crippen MR) is 121 cm³/mol. The summed E-state index contributed by atoms with van der Waals surface area (Å²) in [6.07, 6.45) is -15.0. The van der Waals surface area contributed by atoms with Crippen LogP contribution < -0.4 is 14.6 Å². The fourth-order valence-electron chi connectivity index (χ4n) is 3.21. The highest BCUT2D eigenvalue weighted by atomic mass is 19.4. The van der Waals surface area contributed by atoms with Gasteiger partial charge in [0, 0.05) is 17.7 Å². The molecule has 1 N–H and O–H groups in total. The maximum Gasteiger partial charge on any atom is 0.460 e. The normalized spacial score (nSPS) is 13.4. The lowest BCUT2D eigenvalue weighted by atomic mass is 10.0. The van der Waals surface area contributed by atoms with E-state index in [-0.39, 0.29) is 34.4 Å². The average Bonchev–Trinajstić information content (AvgIpc) is 2.87. The molecule has 3 rings (SSSR count). The van der Waals surface area contributed by atoms with Crippen LogP contribution in [-0.2, 0) is 5.92 Å². The van der Waals surface area contributed by atoms with E-state index < -0.39 is 58.8 Å². The van der Waals surface area contributed by atoms with Crippen molar-refractivity contribution in [2.75, 3.05) is 11.6 Å². The van der Waals surface area contributed by atoms with Crippen LogP contribution in [0.5, 0.6) is 17.2 Å². The minimum Gasteiger partial charge on any atom is -0.450 e. The van der Waals surface area contributed by atoms with E-state index in [1.54, 1.807) is 0 Å². The molecule has 0 aliphatic heterocycles. The molecular formula is C24H16F10N2O5. The number of anilines is 1. The van der Waals surface area contributed by atoms with E-state index in [9.17, 15) is 59.1 Å². The molecule has 17 heteroatoms. The summed E-state index contributed by atoms with van der Waals surface area (Å²) in [5.41, 5.74) is -2.73. The van der Waals surface area contributed by atoms with Crippen molar-refractivity contribution in [2.45, 2.75) is 30.3 Å². The van der Waals surface area contributed by atoms with E-state index in [0.717, 1.165) is 24.3 Å². The topological polar surface area (TPSA) is 85.1 Å². The highest BCUT2D eigenvalue weighted by Gasteiger charge is 2.73. The van der Waals surface area contributed by atoms with Gasteiger partial charge in [-0.1, -0.05) is 30.3 Å². The summed E-state index contributed by atoms with van der Waals surface area (Å²) in [6, 6.07) is 11.1. The number of nitro benzene ring substituents is 1. The fraction of sp³-hybridized carbons (Fsp3) is 0.250. The predicted octanol–water partition coefficient (Wildman–Crippen LogP) is 7.40. The van der Waals surface area contributed by atoms with Crippen LogP contribution in [0.25, 0.3) is 0 Å². The zero-order chi connectivity index (χ0) is 30.8. The monoisotopic (exact) mass is 602 g/mol. The first kappa shape index (κ1) is 31.3. The van der Waals surface area contributed by atoms with Gasteiger partial charge in [-0.05, 0) is 30.3 Å². The molecule has 1 unspecified atom stereocenters. The van der Waals surface area contributed by atoms with Gasteiger partial charge in [0.1, 0.15) is 5.75 Å². The number of aliphatic hydroxyl groups excluding tert-OH is 1. The molecule has 0 aliphatic carbocycles. The van der Waals surface area contributed by atoms with Crippen LogP contribution in [-0.4, -0.2) is 41.0 Å². The Morgan fingerprint density at radius 2 is 1.44 bits per heavy atom. The Balaban J connectivity index is 1.99. The number of benzene rings is 3. The van der Waals surface area contributed by atoms with Crippen molar-refractivity contribution in [1.29, 1.82) is 0 Å². The van der Waals surface area contributed by atoms with Gasteiger partial charge in [0.05, 0.1) is 17.2 Å². The summed E-state index contributed by atoms with van der Waals surface area (Å²) in [4.78, 5) is 15.6. The summed E-state index contributed by atoms with van der Waals surface area (Å²) < 4.78 is 138. The van der Waals surface area contributed by atoms with Crippen molar-refractivity contribution < 1.29 is 63.5 Å². The summed E-state index contributed by atoms with van der Waals surface area (Å²) in [5.74, 6) is -13.7. The average molecular weight is 602 g/mol. The molecule has 0 amide bonds. The Bertz CT molecular complexity index is 1380. The zero-order valence-corrected chi connectivity index (χ0v) is 20.0. The smallest absolute Gasteiger partial charge is 0.450 e. The highest BCUT2D eigenvalue weighted by molar-refractivity contribution is 5.53. The maximum absolute atomic E-state index is 14.2. The standard InChI is InChI=1S/C24H16F10N2O5/c25-21(26,23(30,31)24(32,33)34)14-5-3-8-17(11-14)41-35(13-20(37)22(27,28)29)15-6-4-7-16(12-15)40-19-10-2-1-9-18(19)36(38)39/h1-12,20,37H,13H2. The molecule has 0 bridgehead atoms. The van der Waals surface area contributed by atoms with Gasteiger partial charge in [0.2, 0.25) is 5.75 Å². The second kappa shape index (κ2) is 11.3. The summed E-state index contributed by atoms with van der Waals surface area (Å²) >= 11 is 0. The molecule has 0 aliphatic rings. The number of rotatable bonds is 10. The number of alkyl halides is 10. The summed E-state index contributed by atoms with van der Waals surface area (Å²) in [5, 5.41) is 21.1. The van der Waals surface area contributed by atoms with Crippen LogP contribution in [0.2, 0.25) is 0 Å². The molecule has 222 valence electrons. The number of nitro groups is 1. The molecule has 3 aromatic rings. The van der Waals surface area contributed by atoms with Crippen molar-refractivity contribution in [2.24, 2.45) is 0 Å². The largest absolute Gasteiger partial charge is 0.460 e. The van der Waals surface area contributed by atoms with Crippen molar-refractivity contribution in [3.63, 3.8) is 0 Å². The molecule has 0 heterocycles. The van der Waals surface area contributed by atoms with Crippen molar-refractivity contribution in [3.05, 3.63) is 88.5 Å². The molecule has 0 aromatic heterocycles. The Morgan fingerprint density at radius 1 is 0.829 bits per heavy atom. The summed E-state index contributed by atoms with van der Waals surface area (Å²) in [7, 11) is 0. The fourth-order valence-corrected chi connectivity index (χ4v) is 3.21. The van der Waals surface area contributed by atoms with Crippen LogP contribution in [0.1, 0.15) is 5.56 Å². The second-order valence-electron chi connectivity index (χ2n) is 8.21. The number of hydroxylamine groups is 1. The Hall–Kier alpha value is -4.28. The first-order valence-electron chi connectivity index (χ1n) is 11.0. The first-order valence-corrected chi connectivity index (χ1v) is 11.0. The van der Waals surface area contributed by atoms with Crippen molar-refractivity contribution >= 4 is 11.4 Å². The Morgan fingerprint density at radius 3 is 2.05 bits per heavy atom. The molecule has 0 saturated carbocycles. The minimum atomic E-state index is -6.65. The molecular weight excluding hydrogens is 586 g/mol. The lowest BCUT2D eigenvalue weighted by Crippen LogP contribution is -2.50. The van der Waals surface area contributed by atoms with Gasteiger partial charge in [-0.3, -0.25) is 10.1 Å². The molecule has 1 atom stereocenters. The van der Waals surface area contributed by atoms with E-state index in [1.807, 2.05) is 0 Å². The van der Waals surface area contributed by atoms with E-state index in [4.69, 9.17) is 9.57 Å². The zero-order valence-electron chi connectivity index (χ0n) is 20.0. The van der Waals surface area contributed by atoms with Crippen LogP contribution in [0.15, 0.2) is 72.8 Å². The lowest BCUT2D eigenvalue weighted by Gasteiger charge is -2.30. The number of halogens is 10. The third-order valence-electron chi connectivity index (χ3n) is 5.27. The van der Waals surface area contributed by atoms with Gasteiger partial charge < -0.3 is 14.7 Å². The van der Waals surface area contributed by atoms with Crippen LogP contribution in [0, 0.1) is 10.1 Å². The van der Waals surface area contributed by atoms with Gasteiger partial charge in [-0.2, -0.15) is 43.9 Å². The van der Waals surface area contributed by atoms with Gasteiger partial charge in [0.15, 0.2) is 11.9 Å². The van der Waals surface area contributed by atoms with E-state index in [1.165, 1.54) is 30.3 Å². The first-order chi connectivity index (χ1) is 18.8. The van der Waals surface area contributed by atoms with Crippen LogP contribution >= 0.6 is 0 Å². The maximum atomic E-state index is 14.2. The summed E-state index contributed by atoms with van der Waals surface area (Å²) in [6.45, 7) is -1.45. The molecule has 0 fully saturated rings. The number of aliphatic hydroxyl groups is 1. The highest BCUT2D eigenvalue weighted by Crippen LogP contribution is 2.52. The lowest BCUT2D eigenvalue weighted by molar-refractivity contribution is -0.385. The van der Waals surface area contributed by atoms with Crippen LogP contribution in [0.4, 0.5) is 55.3 Å². The molecule has 41 heavy (non-hydrogen) atoms. The van der Waals surface area contributed by atoms with Gasteiger partial charge in [0.25, 0.3) is 0 Å². The molecule has 0 saturated heterocycles. The van der Waals surface area contributed by atoms with Crippen molar-refractivity contribution in [3.8, 4) is 17.2 Å². The molecule has 3 aromatic carbocycles. The van der Waals surface area contributed by atoms with Crippen LogP contribution in [0.3, 0.4) is 0 Å². The van der Waals surface area contributed by atoms with E-state index >= 15 is 0 Å². The second-order valence-corrected chi connectivity index (χ2v) is 8.21. The van der Waals surface area contributed by atoms with Gasteiger partial charge >= 0.3 is 29.9 Å². The SMILES string of the molecule is O=[N+]([O-])c1ccccc1Oc1cccc(N(CC(O)C(F)(F)F)Oc2cccc(C(F)(F)C(F)(F)C(F)(F)F)c2)c1. The van der Waals surface area contributed by atoms with Gasteiger partial charge in [-0.25, -0.2) is 5.06 Å². The minimum absolute atomic E-state index is 0.0559. The van der Waals surface area contributed by atoms with Gasteiger partial charge in [-0.15, -0.1) is 0 Å². The van der Waals surface area contributed by atoms with E-state index in [2.05, 4.69) is 0 Å². The Labute approximate surface area is 223 Å². The molecule has 0 radical (unpaired) electrons. The van der Waals surface area contributed by atoms with E-state index in [0.29, 0.717) is 6.07 Å². The molecule has 0 spiro atoms. The number of para-hydroxylation sites is 2. The number of hydrogen-bond acceptors (Lipinski definition) is 6. The van der Waals surface area contributed by atoms with Crippen molar-refractivity contribution in [1.82, 2.24) is 0 Å². The Kier molecular flexibility index (Phi) is 8.62. The molecule has 7 nitrogen and oxygen atoms in total. The third-order valence-corrected chi connectivity index (χ3v) is 5.27. The number of ether oxygens (including phenoxy) is 1.